The SMILES string of the molecule is CCc1c[nH]c2ncnc(N3CCS(=O)C(CC)(CC)C3)c12. The van der Waals surface area contributed by atoms with E-state index in [1.54, 1.807) is 6.33 Å². The van der Waals surface area contributed by atoms with Crippen molar-refractivity contribution in [2.45, 2.75) is 44.8 Å². The third-order valence-corrected chi connectivity index (χ3v) is 7.23. The highest BCUT2D eigenvalue weighted by Crippen LogP contribution is 2.34. The molecule has 2 aromatic rings. The van der Waals surface area contributed by atoms with Gasteiger partial charge >= 0.3 is 0 Å². The van der Waals surface area contributed by atoms with Crippen LogP contribution in [0.4, 0.5) is 5.82 Å². The van der Waals surface area contributed by atoms with Crippen LogP contribution in [0.1, 0.15) is 39.2 Å². The Balaban J connectivity index is 2.04. The van der Waals surface area contributed by atoms with Crippen molar-refractivity contribution in [1.82, 2.24) is 15.0 Å². The molecule has 0 bridgehead atoms. The van der Waals surface area contributed by atoms with Gasteiger partial charge in [0.05, 0.1) is 10.1 Å². The Kier molecular flexibility index (Phi) is 4.21. The van der Waals surface area contributed by atoms with E-state index in [1.165, 1.54) is 5.56 Å². The molecule has 3 rings (SSSR count). The highest BCUT2D eigenvalue weighted by atomic mass is 32.2. The number of aryl methyl sites for hydroxylation is 1. The van der Waals surface area contributed by atoms with E-state index in [0.717, 1.165) is 55.0 Å². The Morgan fingerprint density at radius 3 is 2.77 bits per heavy atom. The number of nitrogens with zero attached hydrogens (tertiary/aromatic N) is 3. The van der Waals surface area contributed by atoms with Crippen molar-refractivity contribution in [3.05, 3.63) is 18.1 Å². The van der Waals surface area contributed by atoms with Crippen molar-refractivity contribution < 1.29 is 4.21 Å². The van der Waals surface area contributed by atoms with E-state index >= 15 is 0 Å². The number of hydrogen-bond donors (Lipinski definition) is 1. The van der Waals surface area contributed by atoms with Crippen molar-refractivity contribution in [1.29, 1.82) is 0 Å². The maximum absolute atomic E-state index is 12.5. The lowest BCUT2D eigenvalue weighted by Gasteiger charge is -2.41. The van der Waals surface area contributed by atoms with Crippen LogP contribution >= 0.6 is 0 Å². The Morgan fingerprint density at radius 1 is 1.32 bits per heavy atom. The highest BCUT2D eigenvalue weighted by molar-refractivity contribution is 7.86. The molecule has 0 amide bonds. The van der Waals surface area contributed by atoms with Crippen LogP contribution in [-0.2, 0) is 17.2 Å². The first-order valence-corrected chi connectivity index (χ1v) is 9.41. The summed E-state index contributed by atoms with van der Waals surface area (Å²) in [6.07, 6.45) is 6.48. The Bertz CT molecular complexity index is 693. The molecule has 1 aliphatic rings. The van der Waals surface area contributed by atoms with Gasteiger partial charge in [-0.2, -0.15) is 0 Å². The zero-order valence-electron chi connectivity index (χ0n) is 13.6. The highest BCUT2D eigenvalue weighted by Gasteiger charge is 2.39. The minimum atomic E-state index is -0.755. The topological polar surface area (TPSA) is 61.9 Å². The summed E-state index contributed by atoms with van der Waals surface area (Å²) in [5.74, 6) is 1.71. The Labute approximate surface area is 134 Å². The summed E-state index contributed by atoms with van der Waals surface area (Å²) >= 11 is 0. The molecule has 5 nitrogen and oxygen atoms in total. The van der Waals surface area contributed by atoms with Crippen LogP contribution in [0.15, 0.2) is 12.5 Å². The normalized spacial score (nSPS) is 21.4. The molecule has 6 heteroatoms. The van der Waals surface area contributed by atoms with Gasteiger partial charge in [0.1, 0.15) is 17.8 Å². The maximum atomic E-state index is 12.5. The average Bonchev–Trinajstić information content (AvgIpc) is 2.99. The molecular formula is C16H24N4OS. The van der Waals surface area contributed by atoms with E-state index in [2.05, 4.69) is 40.6 Å². The fourth-order valence-corrected chi connectivity index (χ4v) is 5.18. The molecule has 0 aliphatic carbocycles. The number of fused-ring (bicyclic) bond motifs is 1. The number of aromatic amines is 1. The second-order valence-electron chi connectivity index (χ2n) is 5.95. The first-order chi connectivity index (χ1) is 10.6. The number of aromatic nitrogens is 3. The van der Waals surface area contributed by atoms with E-state index in [9.17, 15) is 4.21 Å². The second kappa shape index (κ2) is 5.99. The van der Waals surface area contributed by atoms with E-state index in [1.807, 2.05) is 6.20 Å². The van der Waals surface area contributed by atoms with Gasteiger partial charge in [0.15, 0.2) is 0 Å². The molecule has 0 spiro atoms. The molecule has 3 heterocycles. The zero-order chi connectivity index (χ0) is 15.7. The molecule has 1 saturated heterocycles. The lowest BCUT2D eigenvalue weighted by molar-refractivity contribution is 0.495. The number of rotatable bonds is 4. The van der Waals surface area contributed by atoms with Gasteiger partial charge in [-0.15, -0.1) is 0 Å². The zero-order valence-corrected chi connectivity index (χ0v) is 14.4. The fourth-order valence-electron chi connectivity index (χ4n) is 3.41. The number of hydrogen-bond acceptors (Lipinski definition) is 4. The van der Waals surface area contributed by atoms with E-state index < -0.39 is 10.8 Å². The third kappa shape index (κ3) is 2.33. The molecular weight excluding hydrogens is 296 g/mol. The smallest absolute Gasteiger partial charge is 0.143 e. The van der Waals surface area contributed by atoms with Crippen molar-refractivity contribution >= 4 is 27.7 Å². The summed E-state index contributed by atoms with van der Waals surface area (Å²) in [4.78, 5) is 14.5. The van der Waals surface area contributed by atoms with Gasteiger partial charge in [0.25, 0.3) is 0 Å². The van der Waals surface area contributed by atoms with E-state index in [-0.39, 0.29) is 4.75 Å². The average molecular weight is 320 g/mol. The van der Waals surface area contributed by atoms with Gasteiger partial charge < -0.3 is 9.88 Å². The number of H-pyrrole nitrogens is 1. The van der Waals surface area contributed by atoms with Gasteiger partial charge in [0, 0.05) is 35.8 Å². The molecule has 2 aromatic heterocycles. The molecule has 1 atom stereocenters. The first kappa shape index (κ1) is 15.5. The predicted octanol–water partition coefficient (Wildman–Crippen LogP) is 2.65. The summed E-state index contributed by atoms with van der Waals surface area (Å²) in [7, 11) is -0.755. The van der Waals surface area contributed by atoms with Gasteiger partial charge in [0.2, 0.25) is 0 Å². The first-order valence-electron chi connectivity index (χ1n) is 8.09. The van der Waals surface area contributed by atoms with Crippen molar-refractivity contribution in [3.8, 4) is 0 Å². The van der Waals surface area contributed by atoms with E-state index in [0.29, 0.717) is 0 Å². The monoisotopic (exact) mass is 320 g/mol. The molecule has 1 aliphatic heterocycles. The molecule has 0 radical (unpaired) electrons. The molecule has 120 valence electrons. The quantitative estimate of drug-likeness (QED) is 0.941. The van der Waals surface area contributed by atoms with Crippen LogP contribution in [0.2, 0.25) is 0 Å². The van der Waals surface area contributed by atoms with Gasteiger partial charge in [-0.3, -0.25) is 4.21 Å². The molecule has 0 aromatic carbocycles. The molecule has 22 heavy (non-hydrogen) atoms. The van der Waals surface area contributed by atoms with Gasteiger partial charge in [-0.05, 0) is 24.8 Å². The van der Waals surface area contributed by atoms with Crippen molar-refractivity contribution in [2.24, 2.45) is 0 Å². The standard InChI is InChI=1S/C16H24N4OS/c1-4-12-9-17-14-13(12)15(19-11-18-14)20-7-8-22(21)16(5-2,6-3)10-20/h9,11H,4-8,10H2,1-3H3,(H,17,18,19). The fraction of sp³-hybridized carbons (Fsp3) is 0.625. The van der Waals surface area contributed by atoms with Crippen LogP contribution in [0.25, 0.3) is 11.0 Å². The second-order valence-corrected chi connectivity index (χ2v) is 7.91. The van der Waals surface area contributed by atoms with Crippen LogP contribution in [0.3, 0.4) is 0 Å². The lowest BCUT2D eigenvalue weighted by atomic mass is 10.0. The van der Waals surface area contributed by atoms with Crippen LogP contribution in [0, 0.1) is 0 Å². The van der Waals surface area contributed by atoms with Crippen LogP contribution < -0.4 is 4.90 Å². The summed E-state index contributed by atoms with van der Waals surface area (Å²) in [5.41, 5.74) is 2.14. The van der Waals surface area contributed by atoms with E-state index in [4.69, 9.17) is 0 Å². The maximum Gasteiger partial charge on any atom is 0.143 e. The lowest BCUT2D eigenvalue weighted by Crippen LogP contribution is -2.53. The van der Waals surface area contributed by atoms with Crippen LogP contribution in [-0.4, -0.2) is 42.8 Å². The molecule has 1 N–H and O–H groups in total. The molecule has 1 unspecified atom stereocenters. The number of nitrogens with one attached hydrogen (secondary N) is 1. The van der Waals surface area contributed by atoms with Crippen molar-refractivity contribution in [2.75, 3.05) is 23.7 Å². The molecule has 1 fully saturated rings. The third-order valence-electron chi connectivity index (χ3n) is 5.01. The van der Waals surface area contributed by atoms with Gasteiger partial charge in [-0.1, -0.05) is 20.8 Å². The molecule has 0 saturated carbocycles. The minimum Gasteiger partial charge on any atom is -0.354 e. The van der Waals surface area contributed by atoms with Crippen molar-refractivity contribution in [3.63, 3.8) is 0 Å². The Morgan fingerprint density at radius 2 is 2.09 bits per heavy atom. The summed E-state index contributed by atoms with van der Waals surface area (Å²) in [6, 6.07) is 0. The predicted molar refractivity (Wildman–Crippen MR) is 91.8 cm³/mol. The Hall–Kier alpha value is -1.43. The van der Waals surface area contributed by atoms with Gasteiger partial charge in [-0.25, -0.2) is 9.97 Å². The number of anilines is 1. The summed E-state index contributed by atoms with van der Waals surface area (Å²) in [5, 5.41) is 1.12. The van der Waals surface area contributed by atoms with Crippen LogP contribution in [0.5, 0.6) is 0 Å². The summed E-state index contributed by atoms with van der Waals surface area (Å²) in [6.45, 7) is 8.05. The largest absolute Gasteiger partial charge is 0.354 e. The summed E-state index contributed by atoms with van der Waals surface area (Å²) < 4.78 is 12.4. The minimum absolute atomic E-state index is 0.113.